The fourth-order valence-corrected chi connectivity index (χ4v) is 2.25. The van der Waals surface area contributed by atoms with Crippen LogP contribution in [0, 0.1) is 0 Å². The molecule has 0 fully saturated rings. The van der Waals surface area contributed by atoms with Crippen molar-refractivity contribution in [2.75, 3.05) is 26.4 Å². The molecule has 0 radical (unpaired) electrons. The van der Waals surface area contributed by atoms with Gasteiger partial charge in [-0.1, -0.05) is 24.3 Å². The molecule has 0 aliphatic rings. The van der Waals surface area contributed by atoms with Crippen LogP contribution in [0.3, 0.4) is 0 Å². The normalized spacial score (nSPS) is 10.4. The van der Waals surface area contributed by atoms with Gasteiger partial charge in [0.2, 0.25) is 0 Å². The van der Waals surface area contributed by atoms with Gasteiger partial charge in [-0.3, -0.25) is 4.79 Å². The third-order valence-electron chi connectivity index (χ3n) is 3.37. The lowest BCUT2D eigenvalue weighted by atomic mass is 10.0. The van der Waals surface area contributed by atoms with Gasteiger partial charge in [-0.2, -0.15) is 0 Å². The molecule has 0 unspecified atom stereocenters. The average Bonchev–Trinajstić information content (AvgIpc) is 2.60. The lowest BCUT2D eigenvalue weighted by molar-refractivity contribution is -0.117. The smallest absolute Gasteiger partial charge is 0.141 e. The Morgan fingerprint density at radius 2 is 1.08 bits per heavy atom. The number of Topliss-reactive ketones (excluding diaryl/α,β-unsaturated/α-hetero) is 1. The van der Waals surface area contributed by atoms with Crippen molar-refractivity contribution in [3.05, 3.63) is 59.7 Å². The quantitative estimate of drug-likeness (QED) is 0.694. The summed E-state index contributed by atoms with van der Waals surface area (Å²) in [6.07, 6.45) is 0.728. The second-order valence-corrected chi connectivity index (χ2v) is 5.32. The first-order chi connectivity index (χ1) is 11.7. The monoisotopic (exact) mass is 330 g/mol. The molecule has 0 aliphatic heterocycles. The first-order valence-corrected chi connectivity index (χ1v) is 7.88. The summed E-state index contributed by atoms with van der Waals surface area (Å²) in [6.45, 7) is 0.473. The highest BCUT2D eigenvalue weighted by Gasteiger charge is 2.06. The molecule has 0 saturated heterocycles. The van der Waals surface area contributed by atoms with Gasteiger partial charge >= 0.3 is 0 Å². The van der Waals surface area contributed by atoms with E-state index in [9.17, 15) is 4.79 Å². The summed E-state index contributed by atoms with van der Waals surface area (Å²) >= 11 is 0. The van der Waals surface area contributed by atoms with Gasteiger partial charge in [0, 0.05) is 12.8 Å². The van der Waals surface area contributed by atoms with Crippen LogP contribution in [0.2, 0.25) is 0 Å². The molecule has 5 heteroatoms. The number of carbonyl (C=O) groups is 1. The number of aliphatic hydroxyl groups is 2. The molecular formula is C19H22O5. The zero-order valence-corrected chi connectivity index (χ0v) is 13.5. The molecule has 128 valence electrons. The Kier molecular flexibility index (Phi) is 7.26. The fourth-order valence-electron chi connectivity index (χ4n) is 2.25. The predicted molar refractivity (Wildman–Crippen MR) is 90.5 cm³/mol. The van der Waals surface area contributed by atoms with Gasteiger partial charge in [-0.05, 0) is 35.4 Å². The van der Waals surface area contributed by atoms with Crippen molar-refractivity contribution in [3.8, 4) is 11.5 Å². The van der Waals surface area contributed by atoms with E-state index in [1.807, 2.05) is 24.3 Å². The largest absolute Gasteiger partial charge is 0.491 e. The van der Waals surface area contributed by atoms with Crippen molar-refractivity contribution < 1.29 is 24.5 Å². The van der Waals surface area contributed by atoms with Gasteiger partial charge in [0.1, 0.15) is 30.5 Å². The van der Waals surface area contributed by atoms with E-state index in [2.05, 4.69) is 0 Å². The molecule has 0 aliphatic carbocycles. The van der Waals surface area contributed by atoms with Crippen molar-refractivity contribution in [3.63, 3.8) is 0 Å². The lowest BCUT2D eigenvalue weighted by Crippen LogP contribution is -2.07. The van der Waals surface area contributed by atoms with Crippen molar-refractivity contribution >= 4 is 5.78 Å². The zero-order chi connectivity index (χ0) is 17.2. The van der Waals surface area contributed by atoms with E-state index in [1.165, 1.54) is 0 Å². The number of hydrogen-bond donors (Lipinski definition) is 2. The molecular weight excluding hydrogens is 308 g/mol. The van der Waals surface area contributed by atoms with E-state index < -0.39 is 0 Å². The average molecular weight is 330 g/mol. The summed E-state index contributed by atoms with van der Waals surface area (Å²) in [5.74, 6) is 1.49. The fraction of sp³-hybridized carbons (Fsp3) is 0.316. The highest BCUT2D eigenvalue weighted by Crippen LogP contribution is 2.15. The molecule has 0 spiro atoms. The summed E-state index contributed by atoms with van der Waals surface area (Å²) in [5, 5.41) is 17.4. The maximum atomic E-state index is 12.2. The number of hydrogen-bond acceptors (Lipinski definition) is 5. The van der Waals surface area contributed by atoms with E-state index in [-0.39, 0.29) is 32.2 Å². The maximum Gasteiger partial charge on any atom is 0.141 e. The molecule has 0 saturated carbocycles. The van der Waals surface area contributed by atoms with Crippen LogP contribution in [0.4, 0.5) is 0 Å². The first-order valence-electron chi connectivity index (χ1n) is 7.88. The molecule has 2 rings (SSSR count). The highest BCUT2D eigenvalue weighted by atomic mass is 16.5. The lowest BCUT2D eigenvalue weighted by Gasteiger charge is -2.07. The summed E-state index contributed by atoms with van der Waals surface area (Å²) in [6, 6.07) is 14.6. The van der Waals surface area contributed by atoms with E-state index in [0.717, 1.165) is 11.1 Å². The minimum atomic E-state index is -0.0237. The molecule has 0 heterocycles. The SMILES string of the molecule is O=C(Cc1ccc(OCCO)cc1)Cc1ccc(OCCO)cc1. The predicted octanol–water partition coefficient (Wildman–Crippen LogP) is 1.78. The first kappa shape index (κ1) is 18.0. The van der Waals surface area contributed by atoms with Gasteiger partial charge in [0.15, 0.2) is 0 Å². The summed E-state index contributed by atoms with van der Waals surface area (Å²) < 4.78 is 10.6. The Morgan fingerprint density at radius 1 is 0.708 bits per heavy atom. The molecule has 0 atom stereocenters. The number of carbonyl (C=O) groups excluding carboxylic acids is 1. The molecule has 0 aromatic heterocycles. The third kappa shape index (κ3) is 6.02. The zero-order valence-electron chi connectivity index (χ0n) is 13.5. The number of benzene rings is 2. The standard InChI is InChI=1S/C19H22O5/c20-9-11-23-18-5-1-15(2-6-18)13-17(22)14-16-3-7-19(8-4-16)24-12-10-21/h1-8,20-21H,9-14H2. The van der Waals surface area contributed by atoms with Crippen LogP contribution in [0.15, 0.2) is 48.5 Å². The number of aliphatic hydroxyl groups excluding tert-OH is 2. The minimum absolute atomic E-state index is 0.0237. The summed E-state index contributed by atoms with van der Waals surface area (Å²) in [7, 11) is 0. The van der Waals surface area contributed by atoms with Crippen LogP contribution in [0.25, 0.3) is 0 Å². The molecule has 24 heavy (non-hydrogen) atoms. The van der Waals surface area contributed by atoms with E-state index in [0.29, 0.717) is 24.3 Å². The Bertz CT molecular complexity index is 564. The van der Waals surface area contributed by atoms with Crippen molar-refractivity contribution in [1.82, 2.24) is 0 Å². The molecule has 2 N–H and O–H groups in total. The number of ketones is 1. The van der Waals surface area contributed by atoms with Gasteiger partial charge in [-0.25, -0.2) is 0 Å². The molecule has 5 nitrogen and oxygen atoms in total. The van der Waals surface area contributed by atoms with Crippen LogP contribution in [0.5, 0.6) is 11.5 Å². The minimum Gasteiger partial charge on any atom is -0.491 e. The van der Waals surface area contributed by atoms with Crippen LogP contribution >= 0.6 is 0 Å². The van der Waals surface area contributed by atoms with Gasteiger partial charge < -0.3 is 19.7 Å². The third-order valence-corrected chi connectivity index (χ3v) is 3.37. The second kappa shape index (κ2) is 9.70. The summed E-state index contributed by atoms with van der Waals surface area (Å²) in [4.78, 5) is 12.2. The van der Waals surface area contributed by atoms with Gasteiger partial charge in [0.05, 0.1) is 13.2 Å². The second-order valence-electron chi connectivity index (χ2n) is 5.32. The van der Waals surface area contributed by atoms with E-state index in [4.69, 9.17) is 19.7 Å². The van der Waals surface area contributed by atoms with Crippen LogP contribution in [0.1, 0.15) is 11.1 Å². The van der Waals surface area contributed by atoms with Gasteiger partial charge in [0.25, 0.3) is 0 Å². The molecule has 2 aromatic carbocycles. The van der Waals surface area contributed by atoms with Crippen molar-refractivity contribution in [1.29, 1.82) is 0 Å². The molecule has 2 aromatic rings. The topological polar surface area (TPSA) is 76.0 Å². The van der Waals surface area contributed by atoms with Crippen LogP contribution < -0.4 is 9.47 Å². The summed E-state index contributed by atoms with van der Waals surface area (Å²) in [5.41, 5.74) is 1.86. The molecule has 0 amide bonds. The van der Waals surface area contributed by atoms with Gasteiger partial charge in [-0.15, -0.1) is 0 Å². The molecule has 0 bridgehead atoms. The maximum absolute atomic E-state index is 12.2. The Balaban J connectivity index is 1.84. The van der Waals surface area contributed by atoms with Crippen molar-refractivity contribution in [2.24, 2.45) is 0 Å². The van der Waals surface area contributed by atoms with E-state index >= 15 is 0 Å². The number of rotatable bonds is 10. The Labute approximate surface area is 141 Å². The van der Waals surface area contributed by atoms with Crippen LogP contribution in [-0.4, -0.2) is 42.4 Å². The highest BCUT2D eigenvalue weighted by molar-refractivity contribution is 5.83. The Morgan fingerprint density at radius 3 is 1.42 bits per heavy atom. The number of ether oxygens (including phenoxy) is 2. The Hall–Kier alpha value is -2.37. The van der Waals surface area contributed by atoms with E-state index in [1.54, 1.807) is 24.3 Å². The van der Waals surface area contributed by atoms with Crippen LogP contribution in [-0.2, 0) is 17.6 Å². The van der Waals surface area contributed by atoms with Crippen molar-refractivity contribution in [2.45, 2.75) is 12.8 Å².